The van der Waals surface area contributed by atoms with Crippen LogP contribution in [0.1, 0.15) is 27.2 Å². The van der Waals surface area contributed by atoms with Crippen molar-refractivity contribution in [1.29, 1.82) is 0 Å². The molecule has 0 aliphatic rings. The monoisotopic (exact) mass is 312 g/mol. The molecule has 0 heterocycles. The van der Waals surface area contributed by atoms with Gasteiger partial charge in [0.05, 0.1) is 12.8 Å². The van der Waals surface area contributed by atoms with Gasteiger partial charge in [-0.2, -0.15) is 4.31 Å². The standard InChI is InChI=1S/C15H24N2O3S/c1-5-13(3)17(21(4,19)20)12-15(18)16(6-2)14-10-8-7-9-11-14/h7-11,13H,5-6,12H2,1-4H3. The molecule has 5 nitrogen and oxygen atoms in total. The predicted molar refractivity (Wildman–Crippen MR) is 85.8 cm³/mol. The Labute approximate surface area is 127 Å². The van der Waals surface area contributed by atoms with Gasteiger partial charge in [-0.15, -0.1) is 0 Å². The number of sulfonamides is 1. The van der Waals surface area contributed by atoms with Crippen LogP contribution in [0.25, 0.3) is 0 Å². The fraction of sp³-hybridized carbons (Fsp3) is 0.533. The Balaban J connectivity index is 2.95. The van der Waals surface area contributed by atoms with E-state index in [0.717, 1.165) is 11.9 Å². The second-order valence-corrected chi connectivity index (χ2v) is 6.97. The number of anilines is 1. The molecule has 0 aromatic heterocycles. The molecule has 0 radical (unpaired) electrons. The third-order valence-electron chi connectivity index (χ3n) is 3.48. The highest BCUT2D eigenvalue weighted by molar-refractivity contribution is 7.88. The van der Waals surface area contributed by atoms with E-state index in [1.54, 1.807) is 4.90 Å². The molecule has 6 heteroatoms. The summed E-state index contributed by atoms with van der Waals surface area (Å²) < 4.78 is 25.0. The molecule has 1 aromatic rings. The van der Waals surface area contributed by atoms with Crippen LogP contribution >= 0.6 is 0 Å². The van der Waals surface area contributed by atoms with Gasteiger partial charge in [0, 0.05) is 18.3 Å². The van der Waals surface area contributed by atoms with Crippen LogP contribution in [0.5, 0.6) is 0 Å². The first-order valence-corrected chi connectivity index (χ1v) is 8.98. The molecule has 0 spiro atoms. The molecular formula is C15H24N2O3S. The molecule has 21 heavy (non-hydrogen) atoms. The van der Waals surface area contributed by atoms with Crippen LogP contribution in [-0.2, 0) is 14.8 Å². The molecule has 0 saturated carbocycles. The largest absolute Gasteiger partial charge is 0.312 e. The fourth-order valence-electron chi connectivity index (χ4n) is 2.13. The van der Waals surface area contributed by atoms with Crippen LogP contribution in [0.15, 0.2) is 30.3 Å². The average Bonchev–Trinajstić information content (AvgIpc) is 2.44. The zero-order valence-electron chi connectivity index (χ0n) is 13.1. The number of nitrogens with zero attached hydrogens (tertiary/aromatic N) is 2. The maximum absolute atomic E-state index is 12.5. The normalized spacial score (nSPS) is 13.2. The Morgan fingerprint density at radius 2 is 1.76 bits per heavy atom. The van der Waals surface area contributed by atoms with E-state index >= 15 is 0 Å². The molecule has 0 N–H and O–H groups in total. The number of amides is 1. The highest BCUT2D eigenvalue weighted by atomic mass is 32.2. The predicted octanol–water partition coefficient (Wildman–Crippen LogP) is 2.10. The zero-order chi connectivity index (χ0) is 16.0. The van der Waals surface area contributed by atoms with Gasteiger partial charge < -0.3 is 4.90 Å². The van der Waals surface area contributed by atoms with Crippen LogP contribution in [0, 0.1) is 0 Å². The van der Waals surface area contributed by atoms with Crippen molar-refractivity contribution in [3.63, 3.8) is 0 Å². The minimum Gasteiger partial charge on any atom is -0.312 e. The summed E-state index contributed by atoms with van der Waals surface area (Å²) in [5, 5.41) is 0. The SMILES string of the molecule is CCC(C)N(CC(=O)N(CC)c1ccccc1)S(C)(=O)=O. The maximum atomic E-state index is 12.5. The smallest absolute Gasteiger partial charge is 0.242 e. The molecule has 0 aliphatic carbocycles. The molecule has 1 aromatic carbocycles. The van der Waals surface area contributed by atoms with Crippen molar-refractivity contribution in [3.05, 3.63) is 30.3 Å². The van der Waals surface area contributed by atoms with Crippen LogP contribution in [0.2, 0.25) is 0 Å². The van der Waals surface area contributed by atoms with Gasteiger partial charge in [0.2, 0.25) is 15.9 Å². The summed E-state index contributed by atoms with van der Waals surface area (Å²) >= 11 is 0. The lowest BCUT2D eigenvalue weighted by molar-refractivity contribution is -0.119. The minimum atomic E-state index is -3.41. The van der Waals surface area contributed by atoms with Gasteiger partial charge in [-0.3, -0.25) is 4.79 Å². The number of rotatable bonds is 7. The van der Waals surface area contributed by atoms with Gasteiger partial charge in [-0.25, -0.2) is 8.42 Å². The molecule has 118 valence electrons. The molecule has 0 fully saturated rings. The van der Waals surface area contributed by atoms with E-state index in [1.165, 1.54) is 4.31 Å². The van der Waals surface area contributed by atoms with Crippen LogP contribution in [0.4, 0.5) is 5.69 Å². The van der Waals surface area contributed by atoms with Crippen LogP contribution in [-0.4, -0.2) is 44.0 Å². The van der Waals surface area contributed by atoms with Crippen molar-refractivity contribution in [2.45, 2.75) is 33.2 Å². The molecule has 0 aliphatic heterocycles. The van der Waals surface area contributed by atoms with Crippen molar-refractivity contribution >= 4 is 21.6 Å². The number of para-hydroxylation sites is 1. The Hall–Kier alpha value is -1.40. The molecule has 1 rings (SSSR count). The van der Waals surface area contributed by atoms with Crippen molar-refractivity contribution < 1.29 is 13.2 Å². The summed E-state index contributed by atoms with van der Waals surface area (Å²) in [5.41, 5.74) is 0.780. The van der Waals surface area contributed by atoms with Crippen LogP contribution in [0.3, 0.4) is 0 Å². The summed E-state index contributed by atoms with van der Waals surface area (Å²) in [6, 6.07) is 9.08. The van der Waals surface area contributed by atoms with Gasteiger partial charge in [0.15, 0.2) is 0 Å². The minimum absolute atomic E-state index is 0.128. The van der Waals surface area contributed by atoms with Gasteiger partial charge in [-0.05, 0) is 32.4 Å². The number of likely N-dealkylation sites (N-methyl/N-ethyl adjacent to an activating group) is 1. The van der Waals surface area contributed by atoms with Crippen molar-refractivity contribution in [1.82, 2.24) is 4.31 Å². The topological polar surface area (TPSA) is 57.7 Å². The number of carbonyl (C=O) groups excluding carboxylic acids is 1. The Morgan fingerprint density at radius 3 is 2.19 bits per heavy atom. The van der Waals surface area contributed by atoms with E-state index in [4.69, 9.17) is 0 Å². The van der Waals surface area contributed by atoms with Gasteiger partial charge in [-0.1, -0.05) is 25.1 Å². The van der Waals surface area contributed by atoms with E-state index in [2.05, 4.69) is 0 Å². The lowest BCUT2D eigenvalue weighted by atomic mass is 10.2. The zero-order valence-corrected chi connectivity index (χ0v) is 13.9. The molecule has 1 unspecified atom stereocenters. The molecule has 0 bridgehead atoms. The number of benzene rings is 1. The second-order valence-electron chi connectivity index (χ2n) is 5.04. The van der Waals surface area contributed by atoms with Crippen molar-refractivity contribution in [2.75, 3.05) is 24.2 Å². The highest BCUT2D eigenvalue weighted by Gasteiger charge is 2.27. The fourth-order valence-corrected chi connectivity index (χ4v) is 3.28. The quantitative estimate of drug-likeness (QED) is 0.775. The van der Waals surface area contributed by atoms with E-state index < -0.39 is 10.0 Å². The third kappa shape index (κ3) is 4.82. The number of hydrogen-bond acceptors (Lipinski definition) is 3. The number of carbonyl (C=O) groups is 1. The van der Waals surface area contributed by atoms with E-state index in [0.29, 0.717) is 13.0 Å². The first-order valence-electron chi connectivity index (χ1n) is 7.13. The number of hydrogen-bond donors (Lipinski definition) is 0. The summed E-state index contributed by atoms with van der Waals surface area (Å²) in [7, 11) is -3.41. The van der Waals surface area contributed by atoms with E-state index in [1.807, 2.05) is 51.1 Å². The summed E-state index contributed by atoms with van der Waals surface area (Å²) in [5.74, 6) is -0.213. The Morgan fingerprint density at radius 1 is 1.19 bits per heavy atom. The maximum Gasteiger partial charge on any atom is 0.242 e. The van der Waals surface area contributed by atoms with E-state index in [9.17, 15) is 13.2 Å². The van der Waals surface area contributed by atoms with Crippen LogP contribution < -0.4 is 4.90 Å². The van der Waals surface area contributed by atoms with Crippen molar-refractivity contribution in [2.24, 2.45) is 0 Å². The first-order chi connectivity index (χ1) is 9.81. The lowest BCUT2D eigenvalue weighted by Crippen LogP contribution is -2.46. The molecule has 1 amide bonds. The summed E-state index contributed by atoms with van der Waals surface area (Å²) in [6.45, 7) is 5.96. The second kappa shape index (κ2) is 7.56. The lowest BCUT2D eigenvalue weighted by Gasteiger charge is -2.28. The third-order valence-corrected chi connectivity index (χ3v) is 4.83. The summed E-state index contributed by atoms with van der Waals surface area (Å²) in [6.07, 6.45) is 1.81. The van der Waals surface area contributed by atoms with Gasteiger partial charge in [0.1, 0.15) is 0 Å². The van der Waals surface area contributed by atoms with Gasteiger partial charge >= 0.3 is 0 Å². The molecule has 0 saturated heterocycles. The van der Waals surface area contributed by atoms with E-state index in [-0.39, 0.29) is 18.5 Å². The van der Waals surface area contributed by atoms with Gasteiger partial charge in [0.25, 0.3) is 0 Å². The highest BCUT2D eigenvalue weighted by Crippen LogP contribution is 2.15. The van der Waals surface area contributed by atoms with Crippen molar-refractivity contribution in [3.8, 4) is 0 Å². The molecule has 1 atom stereocenters. The first kappa shape index (κ1) is 17.7. The Kier molecular flexibility index (Phi) is 6.36. The average molecular weight is 312 g/mol. The Bertz CT molecular complexity index is 558. The molecular weight excluding hydrogens is 288 g/mol. The summed E-state index contributed by atoms with van der Waals surface area (Å²) in [4.78, 5) is 14.1.